The summed E-state index contributed by atoms with van der Waals surface area (Å²) in [5.41, 5.74) is 4.52. The van der Waals surface area contributed by atoms with Crippen LogP contribution in [0.3, 0.4) is 0 Å². The Bertz CT molecular complexity index is 2100. The van der Waals surface area contributed by atoms with Gasteiger partial charge in [0.05, 0.1) is 34.9 Å². The van der Waals surface area contributed by atoms with Gasteiger partial charge in [0.1, 0.15) is 24.4 Å². The minimum Gasteiger partial charge on any atom is -0.691 e. The van der Waals surface area contributed by atoms with E-state index in [4.69, 9.17) is 20.4 Å². The highest BCUT2D eigenvalue weighted by Gasteiger charge is 2.28. The molecule has 50 heavy (non-hydrogen) atoms. The molecule has 1 aliphatic carbocycles. The molecule has 5 rings (SSSR count). The number of anilines is 1. The number of carbonyl (C=O) groups excluding carboxylic acids is 1. The molecule has 0 fully saturated rings. The lowest BCUT2D eigenvalue weighted by Crippen LogP contribution is -2.43. The van der Waals surface area contributed by atoms with Crippen LogP contribution in [0.2, 0.25) is 0 Å². The number of halogens is 1. The van der Waals surface area contributed by atoms with Crippen LogP contribution >= 0.6 is 23.6 Å². The fraction of sp³-hybridized carbons (Fsp3) is 0.297. The highest BCUT2D eigenvalue weighted by molar-refractivity contribution is 7.94. The predicted molar refractivity (Wildman–Crippen MR) is 196 cm³/mol. The zero-order chi connectivity index (χ0) is 35.8. The third-order valence-electron chi connectivity index (χ3n) is 8.73. The summed E-state index contributed by atoms with van der Waals surface area (Å²) >= 11 is 6.47. The van der Waals surface area contributed by atoms with Gasteiger partial charge in [-0.15, -0.1) is 11.6 Å². The molecule has 0 saturated heterocycles. The Hall–Kier alpha value is -3.75. The second-order valence-electron chi connectivity index (χ2n) is 11.5. The van der Waals surface area contributed by atoms with Crippen molar-refractivity contribution in [2.75, 3.05) is 37.0 Å². The first-order valence-electron chi connectivity index (χ1n) is 16.4. The zero-order valence-electron chi connectivity index (χ0n) is 28.3. The van der Waals surface area contributed by atoms with Crippen LogP contribution in [0.15, 0.2) is 99.1 Å². The van der Waals surface area contributed by atoms with Crippen molar-refractivity contribution >= 4 is 56.1 Å². The van der Waals surface area contributed by atoms with Gasteiger partial charge in [-0.05, 0) is 75.6 Å². The summed E-state index contributed by atoms with van der Waals surface area (Å²) in [6, 6.07) is 24.5. The van der Waals surface area contributed by atoms with Crippen molar-refractivity contribution in [1.29, 1.82) is 0 Å². The van der Waals surface area contributed by atoms with E-state index < -0.39 is 21.8 Å². The molecule has 10 nitrogen and oxygen atoms in total. The molecule has 0 radical (unpaired) electrons. The molecule has 1 atom stereocenters. The molecule has 0 bridgehead atoms. The molecular formula is C37H40ClN3O7S2. The topological polar surface area (TPSA) is 124 Å². The maximum Gasteiger partial charge on any atom is 0.241 e. The molecular weight excluding hydrogens is 698 g/mol. The number of benzene rings is 4. The van der Waals surface area contributed by atoms with E-state index >= 15 is 0 Å². The van der Waals surface area contributed by atoms with Gasteiger partial charge in [0.2, 0.25) is 15.4 Å². The number of rotatable bonds is 16. The summed E-state index contributed by atoms with van der Waals surface area (Å²) in [5, 5.41) is 16.5. The van der Waals surface area contributed by atoms with E-state index in [1.807, 2.05) is 66.7 Å². The third kappa shape index (κ3) is 8.24. The number of fused-ring (bicyclic) bond motifs is 2. The summed E-state index contributed by atoms with van der Waals surface area (Å²) in [7, 11) is -4.26. The van der Waals surface area contributed by atoms with Crippen molar-refractivity contribution in [2.24, 2.45) is 0 Å². The van der Waals surface area contributed by atoms with Gasteiger partial charge in [0.25, 0.3) is 0 Å². The average Bonchev–Trinajstić information content (AvgIpc) is 3.13. The first-order chi connectivity index (χ1) is 24.2. The Morgan fingerprint density at radius 2 is 1.68 bits per heavy atom. The summed E-state index contributed by atoms with van der Waals surface area (Å²) in [4.78, 5) is 15.2. The third-order valence-corrected chi connectivity index (χ3v) is 11.1. The number of Topliss-reactive ketones (excluding diaryl/α,β-unsaturated/α-hetero) is 1. The Kier molecular flexibility index (Phi) is 12.7. The summed E-state index contributed by atoms with van der Waals surface area (Å²) in [5.74, 6) is -0.195. The van der Waals surface area contributed by atoms with Crippen LogP contribution in [-0.4, -0.2) is 52.3 Å². The average molecular weight is 738 g/mol. The molecule has 1 unspecified atom stereocenters. The van der Waals surface area contributed by atoms with E-state index in [-0.39, 0.29) is 17.2 Å². The van der Waals surface area contributed by atoms with Crippen LogP contribution in [0.4, 0.5) is 5.69 Å². The number of sulfonamides is 1. The quantitative estimate of drug-likeness (QED) is 0.0335. The van der Waals surface area contributed by atoms with Crippen molar-refractivity contribution in [2.45, 2.75) is 49.9 Å². The molecule has 0 saturated carbocycles. The molecule has 2 aliphatic rings. The first kappa shape index (κ1) is 37.5. The summed E-state index contributed by atoms with van der Waals surface area (Å²) < 4.78 is 43.7. The van der Waals surface area contributed by atoms with E-state index in [1.165, 1.54) is 12.1 Å². The van der Waals surface area contributed by atoms with Crippen molar-refractivity contribution in [1.82, 2.24) is 9.30 Å². The molecule has 3 aromatic carbocycles. The van der Waals surface area contributed by atoms with Gasteiger partial charge in [-0.1, -0.05) is 36.4 Å². The van der Waals surface area contributed by atoms with Crippen molar-refractivity contribution in [3.8, 4) is 22.5 Å². The highest BCUT2D eigenvalue weighted by atomic mass is 35.5. The second kappa shape index (κ2) is 17.0. The normalized spacial score (nSPS) is 12.4. The monoisotopic (exact) mass is 737 g/mol. The number of carbonyl (C=O) groups is 1. The minimum atomic E-state index is -4.26. The van der Waals surface area contributed by atoms with Crippen molar-refractivity contribution in [3.05, 3.63) is 95.8 Å². The summed E-state index contributed by atoms with van der Waals surface area (Å²) in [6.07, 6.45) is 0.120. The van der Waals surface area contributed by atoms with Crippen LogP contribution in [0.5, 0.6) is 0 Å². The van der Waals surface area contributed by atoms with Crippen LogP contribution in [0.25, 0.3) is 33.4 Å². The predicted octanol–water partition coefficient (Wildman–Crippen LogP) is 5.79. The number of nitrogens with one attached hydrogen (secondary N) is 1. The molecule has 3 aromatic rings. The van der Waals surface area contributed by atoms with E-state index in [0.717, 1.165) is 59.3 Å². The fourth-order valence-electron chi connectivity index (χ4n) is 6.14. The Labute approximate surface area is 301 Å². The molecule has 13 heteroatoms. The van der Waals surface area contributed by atoms with E-state index in [1.54, 1.807) is 6.07 Å². The molecule has 1 heterocycles. The Morgan fingerprint density at radius 3 is 2.34 bits per heavy atom. The second-order valence-corrected chi connectivity index (χ2v) is 14.2. The van der Waals surface area contributed by atoms with Crippen molar-refractivity contribution < 1.29 is 32.3 Å². The largest absolute Gasteiger partial charge is 0.691 e. The van der Waals surface area contributed by atoms with Gasteiger partial charge in [0.15, 0.2) is 5.78 Å². The molecule has 0 spiro atoms. The number of ketones is 1. The van der Waals surface area contributed by atoms with Crippen LogP contribution < -0.4 is 24.8 Å². The lowest BCUT2D eigenvalue weighted by molar-refractivity contribution is -0.777. The maximum atomic E-state index is 13.8. The maximum absolute atomic E-state index is 13.8. The fourth-order valence-corrected chi connectivity index (χ4v) is 8.19. The molecule has 264 valence electrons. The Morgan fingerprint density at radius 1 is 0.960 bits per heavy atom. The van der Waals surface area contributed by atoms with Gasteiger partial charge < -0.3 is 14.6 Å². The highest BCUT2D eigenvalue weighted by Crippen LogP contribution is 2.44. The lowest BCUT2D eigenvalue weighted by atomic mass is 9.93. The van der Waals surface area contributed by atoms with Gasteiger partial charge in [-0.25, -0.2) is 17.7 Å². The molecule has 0 aromatic heterocycles. The number of hydrogen-bond acceptors (Lipinski definition) is 9. The van der Waals surface area contributed by atoms with Gasteiger partial charge in [0, 0.05) is 52.3 Å². The standard InChI is InChI=1S/C37H40ClN3O7S2/c1-5-40(6-2)26-14-17-29-34(21-26)46-35-22-27(41(7-3)8-4)15-18-30(35)37(29)31-19-16-28(23-36(31)49-48-47-43)50(44,45)39-32(33(42)24-38)20-25-12-10-9-11-13-25/h9-19,21-23,32,39H,5-8,20,24H2,1-4H3. The molecule has 1 aliphatic heterocycles. The SMILES string of the molecule is CCN(CC)c1ccc2c(-c3ccc(S(=O)(=O)NC(Cc4ccccc4)C(=O)CCl)cc3SOO[O-])c3ccc(=[N+](CC)CC)cc-3oc2c1. The molecule has 1 N–H and O–H groups in total. The van der Waals surface area contributed by atoms with E-state index in [9.17, 15) is 18.5 Å². The van der Waals surface area contributed by atoms with Crippen LogP contribution in [-0.2, 0) is 30.6 Å². The van der Waals surface area contributed by atoms with Crippen LogP contribution in [0.1, 0.15) is 33.3 Å². The van der Waals surface area contributed by atoms with Gasteiger partial charge in [-0.2, -0.15) is 4.33 Å². The van der Waals surface area contributed by atoms with Crippen LogP contribution in [0, 0.1) is 0 Å². The van der Waals surface area contributed by atoms with Gasteiger partial charge in [-0.3, -0.25) is 9.83 Å². The number of hydrogen-bond donors (Lipinski definition) is 1. The number of alkyl halides is 1. The summed E-state index contributed by atoms with van der Waals surface area (Å²) in [6.45, 7) is 11.6. The lowest BCUT2D eigenvalue weighted by Gasteiger charge is -2.23. The van der Waals surface area contributed by atoms with E-state index in [2.05, 4.69) is 46.9 Å². The number of nitrogens with zero attached hydrogens (tertiary/aromatic N) is 2. The van der Waals surface area contributed by atoms with Crippen molar-refractivity contribution in [3.63, 3.8) is 0 Å². The smallest absolute Gasteiger partial charge is 0.241 e. The zero-order valence-corrected chi connectivity index (χ0v) is 30.7. The minimum absolute atomic E-state index is 0.120. The van der Waals surface area contributed by atoms with E-state index in [0.29, 0.717) is 33.8 Å². The first-order valence-corrected chi connectivity index (χ1v) is 19.2. The Balaban J connectivity index is 1.70. The van der Waals surface area contributed by atoms with Gasteiger partial charge >= 0.3 is 0 Å². The molecule has 0 amide bonds.